The van der Waals surface area contributed by atoms with Gasteiger partial charge in [-0.05, 0) is 25.0 Å². The minimum atomic E-state index is -0.0476. The number of hydrogen-bond acceptors (Lipinski definition) is 5. The number of rotatable bonds is 6. The molecule has 3 aromatic rings. The summed E-state index contributed by atoms with van der Waals surface area (Å²) in [6.45, 7) is 4.23. The Kier molecular flexibility index (Phi) is 4.15. The van der Waals surface area contributed by atoms with Crippen molar-refractivity contribution >= 4 is 16.3 Å². The molecule has 0 bridgehead atoms. The van der Waals surface area contributed by atoms with Gasteiger partial charge < -0.3 is 4.74 Å². The Labute approximate surface area is 127 Å². The molecule has 0 aliphatic heterocycles. The lowest BCUT2D eigenvalue weighted by Crippen LogP contribution is -2.07. The lowest BCUT2D eigenvalue weighted by molar-refractivity contribution is 0.199. The molecular weight excluding hydrogens is 284 g/mol. The molecule has 3 rings (SSSR count). The van der Waals surface area contributed by atoms with Crippen LogP contribution in [0.5, 0.6) is 5.75 Å². The van der Waals surface area contributed by atoms with Crippen LogP contribution in [0.1, 0.15) is 43.6 Å². The van der Waals surface area contributed by atoms with Crippen molar-refractivity contribution in [2.75, 3.05) is 0 Å². The third-order valence-electron chi connectivity index (χ3n) is 3.21. The van der Waals surface area contributed by atoms with Gasteiger partial charge in [-0.15, -0.1) is 10.2 Å². The van der Waals surface area contributed by atoms with E-state index in [1.165, 1.54) is 0 Å². The van der Waals surface area contributed by atoms with Crippen LogP contribution in [0.15, 0.2) is 30.3 Å². The number of hydrogen-bond donors (Lipinski definition) is 0. The first kappa shape index (κ1) is 14.0. The molecule has 6 heteroatoms. The highest BCUT2D eigenvalue weighted by atomic mass is 32.1. The molecule has 0 amide bonds. The van der Waals surface area contributed by atoms with Gasteiger partial charge in [0.25, 0.3) is 0 Å². The SMILES string of the molecule is CCCc1nnc2sc([C@H](CC)Oc3ccccc3)nn12. The van der Waals surface area contributed by atoms with Crippen molar-refractivity contribution in [3.63, 3.8) is 0 Å². The van der Waals surface area contributed by atoms with Crippen molar-refractivity contribution in [1.82, 2.24) is 19.8 Å². The van der Waals surface area contributed by atoms with Gasteiger partial charge in [-0.3, -0.25) is 0 Å². The highest BCUT2D eigenvalue weighted by Gasteiger charge is 2.19. The van der Waals surface area contributed by atoms with E-state index in [0.717, 1.165) is 40.8 Å². The molecule has 0 N–H and O–H groups in total. The summed E-state index contributed by atoms with van der Waals surface area (Å²) in [5, 5.41) is 14.0. The Morgan fingerprint density at radius 3 is 2.71 bits per heavy atom. The van der Waals surface area contributed by atoms with Crippen molar-refractivity contribution < 1.29 is 4.74 Å². The summed E-state index contributed by atoms with van der Waals surface area (Å²) in [7, 11) is 0. The van der Waals surface area contributed by atoms with Crippen molar-refractivity contribution in [1.29, 1.82) is 0 Å². The number of benzene rings is 1. The summed E-state index contributed by atoms with van der Waals surface area (Å²) in [6, 6.07) is 9.85. The van der Waals surface area contributed by atoms with E-state index in [2.05, 4.69) is 29.1 Å². The van der Waals surface area contributed by atoms with Gasteiger partial charge in [-0.25, -0.2) is 0 Å². The molecule has 2 heterocycles. The Morgan fingerprint density at radius 1 is 1.19 bits per heavy atom. The van der Waals surface area contributed by atoms with E-state index in [1.54, 1.807) is 11.3 Å². The van der Waals surface area contributed by atoms with Crippen LogP contribution in [0.25, 0.3) is 4.96 Å². The summed E-state index contributed by atoms with van der Waals surface area (Å²) < 4.78 is 7.88. The van der Waals surface area contributed by atoms with Gasteiger partial charge in [0.05, 0.1) is 0 Å². The van der Waals surface area contributed by atoms with Gasteiger partial charge in [-0.2, -0.15) is 9.61 Å². The summed E-state index contributed by atoms with van der Waals surface area (Å²) in [6.07, 6.45) is 2.74. The number of para-hydroxylation sites is 1. The minimum absolute atomic E-state index is 0.0476. The first-order chi connectivity index (χ1) is 10.3. The molecule has 2 aromatic heterocycles. The predicted molar refractivity (Wildman–Crippen MR) is 82.8 cm³/mol. The normalized spacial score (nSPS) is 12.7. The molecular formula is C15H18N4OS. The molecule has 0 fully saturated rings. The van der Waals surface area contributed by atoms with Gasteiger partial charge in [0, 0.05) is 6.42 Å². The third kappa shape index (κ3) is 2.90. The second-order valence-corrected chi connectivity index (χ2v) is 5.82. The number of aromatic nitrogens is 4. The van der Waals surface area contributed by atoms with Crippen LogP contribution >= 0.6 is 11.3 Å². The maximum atomic E-state index is 6.03. The fraction of sp³-hybridized carbons (Fsp3) is 0.400. The molecule has 0 radical (unpaired) electrons. The number of ether oxygens (including phenoxy) is 1. The summed E-state index contributed by atoms with van der Waals surface area (Å²) in [5.41, 5.74) is 0. The quantitative estimate of drug-likeness (QED) is 0.697. The minimum Gasteiger partial charge on any atom is -0.483 e. The molecule has 0 unspecified atom stereocenters. The van der Waals surface area contributed by atoms with E-state index in [-0.39, 0.29) is 6.10 Å². The molecule has 21 heavy (non-hydrogen) atoms. The molecule has 0 saturated heterocycles. The molecule has 5 nitrogen and oxygen atoms in total. The number of fused-ring (bicyclic) bond motifs is 1. The van der Waals surface area contributed by atoms with Crippen molar-refractivity contribution in [2.24, 2.45) is 0 Å². The zero-order valence-corrected chi connectivity index (χ0v) is 13.0. The standard InChI is InChI=1S/C15H18N4OS/c1-3-8-13-16-17-15-19(13)18-14(21-15)12(4-2)20-11-9-6-5-7-10-11/h5-7,9-10,12H,3-4,8H2,1-2H3/t12-/m0/s1. The van der Waals surface area contributed by atoms with E-state index in [9.17, 15) is 0 Å². The zero-order valence-electron chi connectivity index (χ0n) is 12.2. The highest BCUT2D eigenvalue weighted by molar-refractivity contribution is 7.16. The van der Waals surface area contributed by atoms with Crippen LogP contribution in [0.2, 0.25) is 0 Å². The van der Waals surface area contributed by atoms with Gasteiger partial charge in [0.2, 0.25) is 4.96 Å². The van der Waals surface area contributed by atoms with E-state index in [0.29, 0.717) is 0 Å². The molecule has 1 atom stereocenters. The Hall–Kier alpha value is -1.95. The molecule has 0 aliphatic carbocycles. The fourth-order valence-electron chi connectivity index (χ4n) is 2.15. The smallest absolute Gasteiger partial charge is 0.234 e. The summed E-state index contributed by atoms with van der Waals surface area (Å²) in [4.78, 5) is 0.837. The zero-order chi connectivity index (χ0) is 14.7. The Balaban J connectivity index is 1.86. The van der Waals surface area contributed by atoms with Gasteiger partial charge >= 0.3 is 0 Å². The van der Waals surface area contributed by atoms with Crippen LogP contribution in [-0.4, -0.2) is 19.8 Å². The average molecular weight is 302 g/mol. The van der Waals surface area contributed by atoms with Crippen molar-refractivity contribution in [2.45, 2.75) is 39.2 Å². The van der Waals surface area contributed by atoms with Crippen molar-refractivity contribution in [3.05, 3.63) is 41.2 Å². The van der Waals surface area contributed by atoms with Gasteiger partial charge in [0.15, 0.2) is 16.9 Å². The molecule has 0 aliphatic rings. The van der Waals surface area contributed by atoms with E-state index in [4.69, 9.17) is 4.74 Å². The van der Waals surface area contributed by atoms with E-state index >= 15 is 0 Å². The molecule has 0 spiro atoms. The predicted octanol–water partition coefficient (Wildman–Crippen LogP) is 3.67. The lowest BCUT2D eigenvalue weighted by atomic mass is 10.3. The van der Waals surface area contributed by atoms with Crippen LogP contribution in [-0.2, 0) is 6.42 Å². The van der Waals surface area contributed by atoms with E-state index in [1.807, 2.05) is 34.8 Å². The summed E-state index contributed by atoms with van der Waals surface area (Å²) >= 11 is 1.55. The number of nitrogens with zero attached hydrogens (tertiary/aromatic N) is 4. The summed E-state index contributed by atoms with van der Waals surface area (Å²) in [5.74, 6) is 1.79. The topological polar surface area (TPSA) is 52.3 Å². The first-order valence-corrected chi connectivity index (χ1v) is 8.06. The van der Waals surface area contributed by atoms with Crippen molar-refractivity contribution in [3.8, 4) is 5.75 Å². The Morgan fingerprint density at radius 2 is 2.00 bits per heavy atom. The number of aryl methyl sites for hydroxylation is 1. The third-order valence-corrected chi connectivity index (χ3v) is 4.20. The van der Waals surface area contributed by atoms with Gasteiger partial charge in [-0.1, -0.05) is 43.4 Å². The van der Waals surface area contributed by atoms with Crippen LogP contribution < -0.4 is 4.74 Å². The fourth-order valence-corrected chi connectivity index (χ4v) is 3.12. The monoisotopic (exact) mass is 302 g/mol. The van der Waals surface area contributed by atoms with Crippen LogP contribution in [0, 0.1) is 0 Å². The van der Waals surface area contributed by atoms with Gasteiger partial charge in [0.1, 0.15) is 5.75 Å². The second-order valence-electron chi connectivity index (χ2n) is 4.83. The first-order valence-electron chi connectivity index (χ1n) is 7.24. The average Bonchev–Trinajstić information content (AvgIpc) is 3.08. The van der Waals surface area contributed by atoms with E-state index < -0.39 is 0 Å². The molecule has 0 saturated carbocycles. The molecule has 1 aromatic carbocycles. The van der Waals surface area contributed by atoms with Crippen LogP contribution in [0.4, 0.5) is 0 Å². The lowest BCUT2D eigenvalue weighted by Gasteiger charge is -2.14. The highest BCUT2D eigenvalue weighted by Crippen LogP contribution is 2.28. The largest absolute Gasteiger partial charge is 0.483 e. The molecule has 110 valence electrons. The maximum absolute atomic E-state index is 6.03. The Bertz CT molecular complexity index is 707. The maximum Gasteiger partial charge on any atom is 0.234 e. The van der Waals surface area contributed by atoms with Crippen LogP contribution in [0.3, 0.4) is 0 Å². The second kappa shape index (κ2) is 6.22.